The summed E-state index contributed by atoms with van der Waals surface area (Å²) in [5.74, 6) is 1.06. The molecule has 1 saturated heterocycles. The molecule has 2 rings (SSSR count). The van der Waals surface area contributed by atoms with Gasteiger partial charge in [0.25, 0.3) is 0 Å². The van der Waals surface area contributed by atoms with Crippen molar-refractivity contribution in [3.05, 3.63) is 11.8 Å². The Labute approximate surface area is 74.8 Å². The third kappa shape index (κ3) is 1.17. The average molecular weight is 160 g/mol. The lowest BCUT2D eigenvalue weighted by Crippen LogP contribution is -2.35. The summed E-state index contributed by atoms with van der Waals surface area (Å²) in [6.45, 7) is 5.08. The van der Waals surface area contributed by atoms with E-state index in [-0.39, 0.29) is 0 Å². The number of hydrogen-bond acceptors (Lipinski definition) is 2. The van der Waals surface area contributed by atoms with Gasteiger partial charge in [-0.3, -0.25) is 4.99 Å². The first-order chi connectivity index (χ1) is 5.58. The van der Waals surface area contributed by atoms with Crippen molar-refractivity contribution in [2.24, 2.45) is 4.99 Å². The molecule has 0 N–H and O–H groups in total. The van der Waals surface area contributed by atoms with Crippen molar-refractivity contribution in [1.82, 2.24) is 4.90 Å². The summed E-state index contributed by atoms with van der Waals surface area (Å²) in [5, 5.41) is 0. The van der Waals surface area contributed by atoms with Crippen LogP contribution in [-0.4, -0.2) is 30.6 Å². The summed E-state index contributed by atoms with van der Waals surface area (Å²) < 4.78 is 0. The van der Waals surface area contributed by atoms with Crippen LogP contribution in [0.15, 0.2) is 16.8 Å². The van der Waals surface area contributed by atoms with E-state index in [1.807, 2.05) is 13.8 Å². The zero-order valence-electron chi connectivity index (χ0n) is 7.67. The monoisotopic (exact) mass is 160 g/mol. The number of hydrogen-bond donors (Lipinski definition) is 0. The SMILES string of the molecule is [B]C1(C)C=C2CCCN2C(C)=N1. The summed E-state index contributed by atoms with van der Waals surface area (Å²) in [6.07, 6.45) is 4.46. The normalized spacial score (nSPS) is 34.3. The molecule has 0 amide bonds. The van der Waals surface area contributed by atoms with E-state index in [9.17, 15) is 0 Å². The van der Waals surface area contributed by atoms with Crippen LogP contribution in [0.5, 0.6) is 0 Å². The van der Waals surface area contributed by atoms with Gasteiger partial charge in [0.1, 0.15) is 7.85 Å². The van der Waals surface area contributed by atoms with Gasteiger partial charge in [0, 0.05) is 17.7 Å². The highest BCUT2D eigenvalue weighted by Gasteiger charge is 2.27. The molecule has 1 atom stereocenters. The van der Waals surface area contributed by atoms with Crippen molar-refractivity contribution >= 4 is 13.7 Å². The fraction of sp³-hybridized carbons (Fsp3) is 0.667. The van der Waals surface area contributed by atoms with Gasteiger partial charge in [0.15, 0.2) is 0 Å². The molecule has 0 saturated carbocycles. The molecule has 2 heterocycles. The summed E-state index contributed by atoms with van der Waals surface area (Å²) in [4.78, 5) is 6.66. The third-order valence-electron chi connectivity index (χ3n) is 2.41. The standard InChI is InChI=1S/C9H13BN2/c1-7-11-9(2,10)6-8-4-3-5-12(7)8/h6H,3-5H2,1-2H3. The Morgan fingerprint density at radius 2 is 2.42 bits per heavy atom. The molecule has 0 aromatic heterocycles. The van der Waals surface area contributed by atoms with Crippen LogP contribution >= 0.6 is 0 Å². The number of nitrogens with zero attached hydrogens (tertiary/aromatic N) is 2. The van der Waals surface area contributed by atoms with Gasteiger partial charge in [0.05, 0.1) is 5.84 Å². The second-order valence-electron chi connectivity index (χ2n) is 3.78. The van der Waals surface area contributed by atoms with Crippen molar-refractivity contribution in [3.63, 3.8) is 0 Å². The Balaban J connectivity index is 2.36. The number of fused-ring (bicyclic) bond motifs is 1. The van der Waals surface area contributed by atoms with E-state index in [0.717, 1.165) is 18.8 Å². The fourth-order valence-electron chi connectivity index (χ4n) is 2.00. The maximum absolute atomic E-state index is 5.93. The van der Waals surface area contributed by atoms with Crippen LogP contribution in [0.2, 0.25) is 0 Å². The number of allylic oxidation sites excluding steroid dienone is 1. The molecule has 12 heavy (non-hydrogen) atoms. The minimum Gasteiger partial charge on any atom is -0.334 e. The van der Waals surface area contributed by atoms with Crippen LogP contribution in [0, 0.1) is 0 Å². The maximum atomic E-state index is 5.93. The molecule has 2 nitrogen and oxygen atoms in total. The lowest BCUT2D eigenvalue weighted by Gasteiger charge is -2.30. The van der Waals surface area contributed by atoms with Gasteiger partial charge < -0.3 is 4.90 Å². The van der Waals surface area contributed by atoms with E-state index < -0.39 is 5.44 Å². The van der Waals surface area contributed by atoms with Crippen molar-refractivity contribution in [3.8, 4) is 0 Å². The molecule has 1 unspecified atom stereocenters. The van der Waals surface area contributed by atoms with Crippen molar-refractivity contribution in [1.29, 1.82) is 0 Å². The van der Waals surface area contributed by atoms with Crippen LogP contribution in [-0.2, 0) is 0 Å². The van der Waals surface area contributed by atoms with Crippen LogP contribution < -0.4 is 0 Å². The molecule has 0 spiro atoms. The predicted molar refractivity (Wildman–Crippen MR) is 51.3 cm³/mol. The predicted octanol–water partition coefficient (Wildman–Crippen LogP) is 1.28. The molecule has 2 radical (unpaired) electrons. The molecular formula is C9H13BN2. The van der Waals surface area contributed by atoms with Gasteiger partial charge in [-0.1, -0.05) is 0 Å². The quantitative estimate of drug-likeness (QED) is 0.487. The Bertz CT molecular complexity index is 266. The molecular weight excluding hydrogens is 147 g/mol. The minimum atomic E-state index is -0.472. The summed E-state index contributed by atoms with van der Waals surface area (Å²) in [5.41, 5.74) is 0.882. The zero-order valence-corrected chi connectivity index (χ0v) is 7.67. The first-order valence-electron chi connectivity index (χ1n) is 4.43. The number of rotatable bonds is 0. The number of aliphatic imine (C=N–C) groups is 1. The van der Waals surface area contributed by atoms with E-state index in [0.29, 0.717) is 0 Å². The smallest absolute Gasteiger partial charge is 0.112 e. The minimum absolute atomic E-state index is 0.472. The topological polar surface area (TPSA) is 15.6 Å². The van der Waals surface area contributed by atoms with Gasteiger partial charge in [0.2, 0.25) is 0 Å². The highest BCUT2D eigenvalue weighted by atomic mass is 15.2. The average Bonchev–Trinajstić information content (AvgIpc) is 2.31. The Kier molecular flexibility index (Phi) is 1.57. The van der Waals surface area contributed by atoms with Gasteiger partial charge in [-0.15, -0.1) is 0 Å². The van der Waals surface area contributed by atoms with E-state index in [2.05, 4.69) is 16.0 Å². The highest BCUT2D eigenvalue weighted by molar-refractivity contribution is 6.18. The van der Waals surface area contributed by atoms with E-state index in [1.54, 1.807) is 0 Å². The lowest BCUT2D eigenvalue weighted by molar-refractivity contribution is 0.549. The van der Waals surface area contributed by atoms with Crippen molar-refractivity contribution < 1.29 is 0 Å². The first kappa shape index (κ1) is 7.90. The second-order valence-corrected chi connectivity index (χ2v) is 3.78. The molecule has 1 fully saturated rings. The summed E-state index contributed by atoms with van der Waals surface area (Å²) in [6, 6.07) is 0. The Morgan fingerprint density at radius 3 is 3.17 bits per heavy atom. The van der Waals surface area contributed by atoms with Gasteiger partial charge >= 0.3 is 0 Å². The first-order valence-corrected chi connectivity index (χ1v) is 4.43. The fourth-order valence-corrected chi connectivity index (χ4v) is 2.00. The van der Waals surface area contributed by atoms with Crippen LogP contribution in [0.1, 0.15) is 26.7 Å². The molecule has 0 aromatic rings. The zero-order chi connectivity index (χ0) is 8.77. The van der Waals surface area contributed by atoms with E-state index in [1.165, 1.54) is 12.1 Å². The molecule has 2 aliphatic rings. The maximum Gasteiger partial charge on any atom is 0.112 e. The molecule has 0 aliphatic carbocycles. The summed E-state index contributed by atoms with van der Waals surface area (Å²) in [7, 11) is 5.93. The van der Waals surface area contributed by atoms with Gasteiger partial charge in [-0.05, 0) is 32.8 Å². The van der Waals surface area contributed by atoms with E-state index >= 15 is 0 Å². The molecule has 62 valence electrons. The molecule has 0 aromatic carbocycles. The Hall–Kier alpha value is -0.725. The Morgan fingerprint density at radius 1 is 1.67 bits per heavy atom. The second kappa shape index (κ2) is 2.38. The molecule has 3 heteroatoms. The van der Waals surface area contributed by atoms with Crippen LogP contribution in [0.3, 0.4) is 0 Å². The molecule has 2 aliphatic heterocycles. The summed E-state index contributed by atoms with van der Waals surface area (Å²) >= 11 is 0. The highest BCUT2D eigenvalue weighted by Crippen LogP contribution is 2.28. The van der Waals surface area contributed by atoms with Crippen molar-refractivity contribution in [2.75, 3.05) is 6.54 Å². The van der Waals surface area contributed by atoms with Gasteiger partial charge in [-0.2, -0.15) is 0 Å². The lowest BCUT2D eigenvalue weighted by atomic mass is 9.78. The van der Waals surface area contributed by atoms with E-state index in [4.69, 9.17) is 7.85 Å². The number of amidine groups is 1. The third-order valence-corrected chi connectivity index (χ3v) is 2.41. The van der Waals surface area contributed by atoms with Gasteiger partial charge in [-0.25, -0.2) is 0 Å². The van der Waals surface area contributed by atoms with Crippen LogP contribution in [0.4, 0.5) is 0 Å². The molecule has 0 bridgehead atoms. The van der Waals surface area contributed by atoms with Crippen LogP contribution in [0.25, 0.3) is 0 Å². The van der Waals surface area contributed by atoms with Crippen molar-refractivity contribution in [2.45, 2.75) is 32.1 Å². The largest absolute Gasteiger partial charge is 0.334 e.